The summed E-state index contributed by atoms with van der Waals surface area (Å²) in [6, 6.07) is 1.68. The van der Waals surface area contributed by atoms with E-state index >= 15 is 0 Å². The zero-order valence-electron chi connectivity index (χ0n) is 9.80. The molecule has 6 heteroatoms. The van der Waals surface area contributed by atoms with E-state index in [1.807, 2.05) is 0 Å². The van der Waals surface area contributed by atoms with Crippen LogP contribution in [0.5, 0.6) is 5.88 Å². The third-order valence-corrected chi connectivity index (χ3v) is 2.95. The Kier molecular flexibility index (Phi) is 2.83. The van der Waals surface area contributed by atoms with Crippen LogP contribution in [0.2, 0.25) is 5.15 Å². The molecule has 1 fully saturated rings. The first kappa shape index (κ1) is 11.3. The van der Waals surface area contributed by atoms with Gasteiger partial charge in [0.15, 0.2) is 5.69 Å². The van der Waals surface area contributed by atoms with E-state index in [-0.39, 0.29) is 0 Å². The van der Waals surface area contributed by atoms with Gasteiger partial charge in [-0.1, -0.05) is 11.6 Å². The molecule has 0 bridgehead atoms. The minimum absolute atomic E-state index is 0.426. The van der Waals surface area contributed by atoms with Crippen molar-refractivity contribution < 1.29 is 4.74 Å². The summed E-state index contributed by atoms with van der Waals surface area (Å²) in [5.74, 6) is 1.66. The summed E-state index contributed by atoms with van der Waals surface area (Å²) in [4.78, 5) is 17.1. The average Bonchev–Trinajstić information content (AvgIpc) is 3.22. The number of aromatic nitrogens is 4. The van der Waals surface area contributed by atoms with E-state index in [1.54, 1.807) is 25.6 Å². The van der Waals surface area contributed by atoms with Crippen molar-refractivity contribution in [2.75, 3.05) is 7.11 Å². The summed E-state index contributed by atoms with van der Waals surface area (Å²) in [5, 5.41) is 0.426. The van der Waals surface area contributed by atoms with Crippen molar-refractivity contribution in [1.82, 2.24) is 19.9 Å². The third-order valence-electron chi connectivity index (χ3n) is 2.76. The lowest BCUT2D eigenvalue weighted by Crippen LogP contribution is -1.99. The molecule has 0 N–H and O–H groups in total. The van der Waals surface area contributed by atoms with Crippen LogP contribution in [0.15, 0.2) is 18.5 Å². The normalized spacial score (nSPS) is 14.6. The smallest absolute Gasteiger partial charge is 0.241 e. The second-order valence-electron chi connectivity index (χ2n) is 4.12. The average molecular weight is 263 g/mol. The molecule has 1 saturated carbocycles. The molecule has 2 aromatic rings. The zero-order valence-corrected chi connectivity index (χ0v) is 10.6. The molecule has 0 amide bonds. The summed E-state index contributed by atoms with van der Waals surface area (Å²) >= 11 is 6.03. The molecule has 1 aliphatic carbocycles. The van der Waals surface area contributed by atoms with Gasteiger partial charge in [0, 0.05) is 24.4 Å². The highest BCUT2D eigenvalue weighted by Crippen LogP contribution is 2.39. The van der Waals surface area contributed by atoms with Gasteiger partial charge in [-0.2, -0.15) is 0 Å². The van der Waals surface area contributed by atoms with Gasteiger partial charge in [-0.05, 0) is 12.8 Å². The number of halogens is 1. The number of hydrogen-bond acceptors (Lipinski definition) is 5. The Morgan fingerprint density at radius 3 is 2.72 bits per heavy atom. The number of hydrogen-bond donors (Lipinski definition) is 0. The predicted molar refractivity (Wildman–Crippen MR) is 66.6 cm³/mol. The van der Waals surface area contributed by atoms with Crippen LogP contribution in [-0.4, -0.2) is 27.0 Å². The Balaban J connectivity index is 2.10. The molecule has 0 atom stereocenters. The number of nitrogens with zero attached hydrogens (tertiary/aromatic N) is 4. The SMILES string of the molecule is COc1nccnc1-c1cc(Cl)nc(C2CC2)n1. The van der Waals surface area contributed by atoms with E-state index < -0.39 is 0 Å². The first-order valence-electron chi connectivity index (χ1n) is 5.68. The van der Waals surface area contributed by atoms with E-state index in [0.717, 1.165) is 18.7 Å². The lowest BCUT2D eigenvalue weighted by atomic mass is 10.3. The highest BCUT2D eigenvalue weighted by Gasteiger charge is 2.27. The number of ether oxygens (including phenoxy) is 1. The van der Waals surface area contributed by atoms with E-state index in [4.69, 9.17) is 16.3 Å². The Labute approximate surface area is 109 Å². The molecule has 92 valence electrons. The molecule has 0 aliphatic heterocycles. The fraction of sp³-hybridized carbons (Fsp3) is 0.333. The summed E-state index contributed by atoms with van der Waals surface area (Å²) < 4.78 is 5.18. The highest BCUT2D eigenvalue weighted by molar-refractivity contribution is 6.29. The van der Waals surface area contributed by atoms with E-state index in [0.29, 0.717) is 28.3 Å². The van der Waals surface area contributed by atoms with Crippen LogP contribution in [0.1, 0.15) is 24.6 Å². The largest absolute Gasteiger partial charge is 0.479 e. The molecule has 3 rings (SSSR count). The maximum absolute atomic E-state index is 6.03. The monoisotopic (exact) mass is 262 g/mol. The quantitative estimate of drug-likeness (QED) is 0.795. The van der Waals surface area contributed by atoms with Gasteiger partial charge in [0.1, 0.15) is 11.0 Å². The van der Waals surface area contributed by atoms with Crippen molar-refractivity contribution in [3.05, 3.63) is 29.4 Å². The summed E-state index contributed by atoms with van der Waals surface area (Å²) in [7, 11) is 1.55. The minimum Gasteiger partial charge on any atom is -0.479 e. The fourth-order valence-electron chi connectivity index (χ4n) is 1.73. The lowest BCUT2D eigenvalue weighted by Gasteiger charge is -2.06. The molecule has 5 nitrogen and oxygen atoms in total. The first-order valence-corrected chi connectivity index (χ1v) is 6.05. The van der Waals surface area contributed by atoms with Crippen molar-refractivity contribution >= 4 is 11.6 Å². The fourth-order valence-corrected chi connectivity index (χ4v) is 1.92. The van der Waals surface area contributed by atoms with Crippen LogP contribution in [0.25, 0.3) is 11.4 Å². The van der Waals surface area contributed by atoms with E-state index in [2.05, 4.69) is 19.9 Å². The molecule has 0 saturated heterocycles. The van der Waals surface area contributed by atoms with Crippen LogP contribution in [0.3, 0.4) is 0 Å². The Bertz CT molecular complexity index is 586. The zero-order chi connectivity index (χ0) is 12.5. The van der Waals surface area contributed by atoms with Crippen molar-refractivity contribution in [3.8, 4) is 17.3 Å². The molecule has 0 radical (unpaired) electrons. The third kappa shape index (κ3) is 2.13. The van der Waals surface area contributed by atoms with Gasteiger partial charge >= 0.3 is 0 Å². The van der Waals surface area contributed by atoms with Gasteiger partial charge in [0.25, 0.3) is 0 Å². The maximum atomic E-state index is 6.03. The van der Waals surface area contributed by atoms with Crippen LogP contribution in [0, 0.1) is 0 Å². The van der Waals surface area contributed by atoms with E-state index in [9.17, 15) is 0 Å². The van der Waals surface area contributed by atoms with Crippen molar-refractivity contribution in [2.24, 2.45) is 0 Å². The summed E-state index contributed by atoms with van der Waals surface area (Å²) in [6.07, 6.45) is 5.42. The lowest BCUT2D eigenvalue weighted by molar-refractivity contribution is 0.397. The molecular formula is C12H11ClN4O. The van der Waals surface area contributed by atoms with Crippen LogP contribution >= 0.6 is 11.6 Å². The molecule has 18 heavy (non-hydrogen) atoms. The van der Waals surface area contributed by atoms with Crippen LogP contribution in [-0.2, 0) is 0 Å². The van der Waals surface area contributed by atoms with Crippen molar-refractivity contribution in [3.63, 3.8) is 0 Å². The van der Waals surface area contributed by atoms with Gasteiger partial charge in [0.05, 0.1) is 12.8 Å². The van der Waals surface area contributed by atoms with Gasteiger partial charge in [0.2, 0.25) is 5.88 Å². The molecule has 2 heterocycles. The number of rotatable bonds is 3. The van der Waals surface area contributed by atoms with Crippen LogP contribution < -0.4 is 4.74 Å². The van der Waals surface area contributed by atoms with Crippen molar-refractivity contribution in [2.45, 2.75) is 18.8 Å². The standard InChI is InChI=1S/C12H11ClN4O/c1-18-12-10(14-4-5-15-12)8-6-9(13)17-11(16-8)7-2-3-7/h4-7H,2-3H2,1H3. The molecule has 0 spiro atoms. The van der Waals surface area contributed by atoms with E-state index in [1.165, 1.54) is 0 Å². The van der Waals surface area contributed by atoms with Gasteiger partial charge < -0.3 is 4.74 Å². The minimum atomic E-state index is 0.426. The van der Waals surface area contributed by atoms with Gasteiger partial charge in [-0.3, -0.25) is 0 Å². The molecule has 0 aromatic carbocycles. The van der Waals surface area contributed by atoms with Crippen molar-refractivity contribution in [1.29, 1.82) is 0 Å². The van der Waals surface area contributed by atoms with Gasteiger partial charge in [-0.15, -0.1) is 0 Å². The Hall–Kier alpha value is -1.75. The molecule has 2 aromatic heterocycles. The highest BCUT2D eigenvalue weighted by atomic mass is 35.5. The molecular weight excluding hydrogens is 252 g/mol. The van der Waals surface area contributed by atoms with Crippen LogP contribution in [0.4, 0.5) is 0 Å². The second kappa shape index (κ2) is 4.49. The first-order chi connectivity index (χ1) is 8.78. The Morgan fingerprint density at radius 2 is 2.00 bits per heavy atom. The maximum Gasteiger partial charge on any atom is 0.241 e. The predicted octanol–water partition coefficient (Wildman–Crippen LogP) is 2.47. The molecule has 0 unspecified atom stereocenters. The summed E-state index contributed by atoms with van der Waals surface area (Å²) in [6.45, 7) is 0. The molecule has 1 aliphatic rings. The van der Waals surface area contributed by atoms with Gasteiger partial charge in [-0.25, -0.2) is 19.9 Å². The number of methoxy groups -OCH3 is 1. The second-order valence-corrected chi connectivity index (χ2v) is 4.51. The Morgan fingerprint density at radius 1 is 1.22 bits per heavy atom. The summed E-state index contributed by atoms with van der Waals surface area (Å²) in [5.41, 5.74) is 1.24. The topological polar surface area (TPSA) is 60.8 Å².